The van der Waals surface area contributed by atoms with Crippen LogP contribution in [0.1, 0.15) is 22.0 Å². The molecule has 2 aromatic rings. The van der Waals surface area contributed by atoms with Crippen LogP contribution in [-0.2, 0) is 19.4 Å². The molecule has 3 rings (SSSR count). The first-order chi connectivity index (χ1) is 9.24. The lowest BCUT2D eigenvalue weighted by Gasteiger charge is -2.13. The van der Waals surface area contributed by atoms with Crippen molar-refractivity contribution in [2.75, 3.05) is 13.1 Å². The number of halogens is 1. The van der Waals surface area contributed by atoms with Gasteiger partial charge >= 0.3 is 0 Å². The molecule has 20 heavy (non-hydrogen) atoms. The molecule has 0 amide bonds. The van der Waals surface area contributed by atoms with Crippen molar-refractivity contribution < 1.29 is 0 Å². The van der Waals surface area contributed by atoms with E-state index in [9.17, 15) is 4.79 Å². The zero-order valence-corrected chi connectivity index (χ0v) is 13.0. The Hall–Kier alpha value is -1.17. The van der Waals surface area contributed by atoms with Gasteiger partial charge in [0.2, 0.25) is 0 Å². The van der Waals surface area contributed by atoms with E-state index in [1.165, 1.54) is 11.3 Å². The van der Waals surface area contributed by atoms with E-state index in [0.29, 0.717) is 6.54 Å². The van der Waals surface area contributed by atoms with Gasteiger partial charge in [-0.05, 0) is 25.5 Å². The van der Waals surface area contributed by atoms with Gasteiger partial charge in [-0.25, -0.2) is 4.98 Å². The fourth-order valence-electron chi connectivity index (χ4n) is 2.56. The minimum absolute atomic E-state index is 0. The van der Waals surface area contributed by atoms with Crippen LogP contribution >= 0.6 is 23.7 Å². The molecule has 0 saturated heterocycles. The Morgan fingerprint density at radius 2 is 2.15 bits per heavy atom. The third-order valence-electron chi connectivity index (χ3n) is 3.49. The summed E-state index contributed by atoms with van der Waals surface area (Å²) < 4.78 is 1.89. The lowest BCUT2D eigenvalue weighted by atomic mass is 10.1. The van der Waals surface area contributed by atoms with Gasteiger partial charge in [-0.1, -0.05) is 6.07 Å². The molecule has 1 N–H and O–H groups in total. The predicted octanol–water partition coefficient (Wildman–Crippen LogP) is 1.77. The molecule has 6 heteroatoms. The zero-order chi connectivity index (χ0) is 13.2. The maximum atomic E-state index is 12.1. The molecule has 0 spiro atoms. The highest BCUT2D eigenvalue weighted by atomic mass is 35.5. The second kappa shape index (κ2) is 6.52. The molecule has 1 aliphatic rings. The van der Waals surface area contributed by atoms with Gasteiger partial charge in [0.25, 0.3) is 5.56 Å². The molecule has 0 atom stereocenters. The van der Waals surface area contributed by atoms with Crippen molar-refractivity contribution in [2.24, 2.45) is 0 Å². The van der Waals surface area contributed by atoms with Gasteiger partial charge in [0, 0.05) is 30.1 Å². The quantitative estimate of drug-likeness (QED) is 0.919. The molecule has 0 aromatic carbocycles. The lowest BCUT2D eigenvalue weighted by molar-refractivity contribution is 0.663. The summed E-state index contributed by atoms with van der Waals surface area (Å²) in [5, 5.41) is 6.47. The van der Waals surface area contributed by atoms with E-state index < -0.39 is 0 Å². The summed E-state index contributed by atoms with van der Waals surface area (Å²) in [5.74, 6) is 0. The van der Waals surface area contributed by atoms with E-state index in [1.807, 2.05) is 22.9 Å². The van der Waals surface area contributed by atoms with Gasteiger partial charge in [-0.3, -0.25) is 4.79 Å². The Labute approximate surface area is 128 Å². The molecule has 4 nitrogen and oxygen atoms in total. The minimum atomic E-state index is 0. The predicted molar refractivity (Wildman–Crippen MR) is 84.2 cm³/mol. The van der Waals surface area contributed by atoms with Crippen molar-refractivity contribution in [1.29, 1.82) is 0 Å². The molecule has 1 aliphatic heterocycles. The molecule has 0 bridgehead atoms. The molecular formula is C14H18ClN3OS. The van der Waals surface area contributed by atoms with Crippen molar-refractivity contribution in [3.8, 4) is 0 Å². The van der Waals surface area contributed by atoms with Crippen LogP contribution in [0.4, 0.5) is 0 Å². The van der Waals surface area contributed by atoms with Gasteiger partial charge in [0.15, 0.2) is 0 Å². The Balaban J connectivity index is 0.00000147. The molecule has 0 unspecified atom stereocenters. The second-order valence-corrected chi connectivity index (χ2v) is 5.90. The van der Waals surface area contributed by atoms with Crippen molar-refractivity contribution >= 4 is 23.7 Å². The maximum Gasteiger partial charge on any atom is 0.251 e. The molecular weight excluding hydrogens is 294 g/mol. The van der Waals surface area contributed by atoms with Gasteiger partial charge in [0.05, 0.1) is 17.2 Å². The minimum Gasteiger partial charge on any atom is -0.316 e. The number of nitrogens with one attached hydrogen (secondary N) is 1. The zero-order valence-electron chi connectivity index (χ0n) is 11.4. The fourth-order valence-corrected chi connectivity index (χ4v) is 3.16. The summed E-state index contributed by atoms with van der Waals surface area (Å²) in [6.45, 7) is 4.51. The Kier molecular flexibility index (Phi) is 4.96. The third-order valence-corrected chi connectivity index (χ3v) is 4.31. The molecule has 0 fully saturated rings. The summed E-state index contributed by atoms with van der Waals surface area (Å²) in [6.07, 6.45) is 1.90. The third kappa shape index (κ3) is 3.11. The van der Waals surface area contributed by atoms with Crippen molar-refractivity contribution in [2.45, 2.75) is 26.3 Å². The molecule has 3 heterocycles. The van der Waals surface area contributed by atoms with Gasteiger partial charge < -0.3 is 9.88 Å². The molecule has 0 saturated carbocycles. The van der Waals surface area contributed by atoms with Crippen LogP contribution in [0, 0.1) is 6.92 Å². The van der Waals surface area contributed by atoms with Crippen molar-refractivity contribution in [3.63, 3.8) is 0 Å². The van der Waals surface area contributed by atoms with Crippen LogP contribution < -0.4 is 10.9 Å². The second-order valence-electron chi connectivity index (χ2n) is 4.84. The number of hydrogen-bond acceptors (Lipinski definition) is 4. The number of fused-ring (bicyclic) bond motifs is 1. The average molecular weight is 312 g/mol. The summed E-state index contributed by atoms with van der Waals surface area (Å²) in [6, 6.07) is 3.66. The number of hydrogen-bond donors (Lipinski definition) is 1. The topological polar surface area (TPSA) is 46.9 Å². The Morgan fingerprint density at radius 3 is 2.90 bits per heavy atom. The number of rotatable bonds is 2. The maximum absolute atomic E-state index is 12.1. The SMILES string of the molecule is Cc1nc(Cn2c3c(ccc2=O)CCNCC3)cs1.Cl. The summed E-state index contributed by atoms with van der Waals surface area (Å²) in [5.41, 5.74) is 3.52. The van der Waals surface area contributed by atoms with Crippen molar-refractivity contribution in [3.05, 3.63) is 49.8 Å². The van der Waals surface area contributed by atoms with Crippen molar-refractivity contribution in [1.82, 2.24) is 14.9 Å². The van der Waals surface area contributed by atoms with E-state index in [-0.39, 0.29) is 18.0 Å². The van der Waals surface area contributed by atoms with Crippen LogP contribution in [0.3, 0.4) is 0 Å². The largest absolute Gasteiger partial charge is 0.316 e. The number of nitrogens with zero attached hydrogens (tertiary/aromatic N) is 2. The van der Waals surface area contributed by atoms with E-state index in [0.717, 1.165) is 36.6 Å². The van der Waals surface area contributed by atoms with Gasteiger partial charge in [0.1, 0.15) is 0 Å². The summed E-state index contributed by atoms with van der Waals surface area (Å²) in [7, 11) is 0. The standard InChI is InChI=1S/C14H17N3OS.ClH/c1-10-16-12(9-19-10)8-17-13-5-7-15-6-4-11(13)2-3-14(17)18;/h2-3,9,15H,4-8H2,1H3;1H. The van der Waals surface area contributed by atoms with E-state index >= 15 is 0 Å². The Morgan fingerprint density at radius 1 is 1.35 bits per heavy atom. The number of aromatic nitrogens is 2. The van der Waals surface area contributed by atoms with Crippen LogP contribution in [0.15, 0.2) is 22.3 Å². The Bertz CT molecular complexity index is 650. The van der Waals surface area contributed by atoms with Crippen LogP contribution in [-0.4, -0.2) is 22.6 Å². The molecule has 0 aliphatic carbocycles. The highest BCUT2D eigenvalue weighted by Gasteiger charge is 2.13. The van der Waals surface area contributed by atoms with E-state index in [2.05, 4.69) is 10.3 Å². The first-order valence-electron chi connectivity index (χ1n) is 6.57. The smallest absolute Gasteiger partial charge is 0.251 e. The lowest BCUT2D eigenvalue weighted by Crippen LogP contribution is -2.25. The van der Waals surface area contributed by atoms with Crippen LogP contribution in [0.25, 0.3) is 0 Å². The van der Waals surface area contributed by atoms with Gasteiger partial charge in [-0.2, -0.15) is 0 Å². The average Bonchev–Trinajstić information content (AvgIpc) is 2.66. The number of thiazole rings is 1. The van der Waals surface area contributed by atoms with Gasteiger partial charge in [-0.15, -0.1) is 23.7 Å². The summed E-state index contributed by atoms with van der Waals surface area (Å²) >= 11 is 1.63. The molecule has 108 valence electrons. The molecule has 0 radical (unpaired) electrons. The first kappa shape index (κ1) is 15.2. The highest BCUT2D eigenvalue weighted by molar-refractivity contribution is 7.09. The first-order valence-corrected chi connectivity index (χ1v) is 7.45. The van der Waals surface area contributed by atoms with Crippen LogP contribution in [0.2, 0.25) is 0 Å². The molecule has 2 aromatic heterocycles. The monoisotopic (exact) mass is 311 g/mol. The van der Waals surface area contributed by atoms with Crippen LogP contribution in [0.5, 0.6) is 0 Å². The highest BCUT2D eigenvalue weighted by Crippen LogP contribution is 2.14. The number of pyridine rings is 1. The number of aryl methyl sites for hydroxylation is 1. The van der Waals surface area contributed by atoms with E-state index in [4.69, 9.17) is 0 Å². The summed E-state index contributed by atoms with van der Waals surface area (Å²) in [4.78, 5) is 16.6. The normalized spacial score (nSPS) is 14.2. The van der Waals surface area contributed by atoms with E-state index in [1.54, 1.807) is 17.4 Å². The fraction of sp³-hybridized carbons (Fsp3) is 0.429.